The molecule has 2 nitrogen and oxygen atoms in total. The van der Waals surface area contributed by atoms with E-state index in [0.717, 1.165) is 35.7 Å². The Balaban J connectivity index is 1.80. The van der Waals surface area contributed by atoms with Gasteiger partial charge in [0.05, 0.1) is 11.4 Å². The minimum absolute atomic E-state index is 0.114. The highest BCUT2D eigenvalue weighted by Gasteiger charge is 2.30. The lowest BCUT2D eigenvalue weighted by Crippen LogP contribution is -2.21. The van der Waals surface area contributed by atoms with Gasteiger partial charge in [0, 0.05) is 5.69 Å². The molecule has 37 heavy (non-hydrogen) atoms. The highest BCUT2D eigenvalue weighted by atomic mass is 16.5. The maximum absolute atomic E-state index is 6.72. The van der Waals surface area contributed by atoms with Crippen LogP contribution in [0.2, 0.25) is 0 Å². The van der Waals surface area contributed by atoms with Crippen molar-refractivity contribution in [2.45, 2.75) is 111 Å². The average Bonchev–Trinajstić information content (AvgIpc) is 2.89. The first-order chi connectivity index (χ1) is 17.7. The Bertz CT molecular complexity index is 1190. The monoisotopic (exact) mass is 497 g/mol. The van der Waals surface area contributed by atoms with Crippen LogP contribution >= 0.6 is 0 Å². The van der Waals surface area contributed by atoms with Crippen molar-refractivity contribution < 1.29 is 4.74 Å². The van der Waals surface area contributed by atoms with Gasteiger partial charge in [-0.25, -0.2) is 0 Å². The van der Waals surface area contributed by atoms with Gasteiger partial charge in [-0.15, -0.1) is 0 Å². The van der Waals surface area contributed by atoms with Crippen LogP contribution in [0.5, 0.6) is 11.5 Å². The Morgan fingerprint density at radius 3 is 1.68 bits per heavy atom. The van der Waals surface area contributed by atoms with E-state index < -0.39 is 0 Å². The first-order valence-electron chi connectivity index (χ1n) is 14.6. The van der Waals surface area contributed by atoms with Crippen LogP contribution in [0.25, 0.3) is 0 Å². The van der Waals surface area contributed by atoms with E-state index in [1.165, 1.54) is 60.9 Å². The highest BCUT2D eigenvalue weighted by Crippen LogP contribution is 2.52. The van der Waals surface area contributed by atoms with Crippen LogP contribution in [0.3, 0.4) is 0 Å². The molecule has 0 spiro atoms. The third-order valence-electron chi connectivity index (χ3n) is 8.23. The van der Waals surface area contributed by atoms with Gasteiger partial charge >= 0.3 is 0 Å². The third-order valence-corrected chi connectivity index (χ3v) is 8.23. The summed E-state index contributed by atoms with van der Waals surface area (Å²) in [5.41, 5.74) is 7.74. The van der Waals surface area contributed by atoms with Crippen LogP contribution in [-0.2, 0) is 17.3 Å². The van der Waals surface area contributed by atoms with Gasteiger partial charge in [0.1, 0.15) is 0 Å². The van der Waals surface area contributed by atoms with Crippen molar-refractivity contribution in [2.24, 2.45) is 0 Å². The van der Waals surface area contributed by atoms with E-state index >= 15 is 0 Å². The van der Waals surface area contributed by atoms with Crippen molar-refractivity contribution in [2.75, 3.05) is 4.90 Å². The predicted molar refractivity (Wildman–Crippen MR) is 160 cm³/mol. The molecule has 4 rings (SSSR count). The minimum Gasteiger partial charge on any atom is -0.453 e. The van der Waals surface area contributed by atoms with Gasteiger partial charge in [0.25, 0.3) is 0 Å². The van der Waals surface area contributed by atoms with Crippen LogP contribution in [-0.4, -0.2) is 0 Å². The molecule has 0 bridgehead atoms. The van der Waals surface area contributed by atoms with Crippen molar-refractivity contribution in [3.63, 3.8) is 0 Å². The van der Waals surface area contributed by atoms with E-state index in [-0.39, 0.29) is 10.8 Å². The van der Waals surface area contributed by atoms with Crippen molar-refractivity contribution in [1.82, 2.24) is 0 Å². The van der Waals surface area contributed by atoms with Gasteiger partial charge in [-0.05, 0) is 89.6 Å². The summed E-state index contributed by atoms with van der Waals surface area (Å²) in [6.07, 6.45) is 9.55. The first-order valence-corrected chi connectivity index (χ1v) is 14.6. The molecule has 0 radical (unpaired) electrons. The molecule has 0 saturated heterocycles. The SMILES string of the molecule is CCCCc1ccc(N2c3ccc(C(C)(C)CCC)cc3Oc3cc(C(C)(C)CCCC)ccc32)cc1. The van der Waals surface area contributed by atoms with E-state index in [9.17, 15) is 0 Å². The molecule has 0 saturated carbocycles. The molecular formula is C35H47NO. The maximum Gasteiger partial charge on any atom is 0.151 e. The molecule has 0 atom stereocenters. The summed E-state index contributed by atoms with van der Waals surface area (Å²) in [6.45, 7) is 16.2. The molecule has 2 heteroatoms. The van der Waals surface area contributed by atoms with Crippen LogP contribution in [0.15, 0.2) is 60.7 Å². The zero-order chi connectivity index (χ0) is 26.6. The van der Waals surface area contributed by atoms with E-state index in [2.05, 4.69) is 114 Å². The second-order valence-corrected chi connectivity index (χ2v) is 12.2. The van der Waals surface area contributed by atoms with Crippen molar-refractivity contribution in [1.29, 1.82) is 0 Å². The molecule has 1 aliphatic heterocycles. The lowest BCUT2D eigenvalue weighted by molar-refractivity contribution is 0.443. The summed E-state index contributed by atoms with van der Waals surface area (Å²) in [6, 6.07) is 22.8. The van der Waals surface area contributed by atoms with Gasteiger partial charge in [-0.3, -0.25) is 0 Å². The zero-order valence-corrected chi connectivity index (χ0v) is 24.3. The molecular weight excluding hydrogens is 450 g/mol. The summed E-state index contributed by atoms with van der Waals surface area (Å²) >= 11 is 0. The maximum atomic E-state index is 6.72. The number of unbranched alkanes of at least 4 members (excludes halogenated alkanes) is 2. The van der Waals surface area contributed by atoms with Crippen LogP contribution in [0.4, 0.5) is 17.1 Å². The standard InChI is InChI=1S/C35H47NO/c1-8-11-13-26-14-18-29(19-15-26)36-30-20-16-27(34(4,5)22-10-3)24-32(30)37-33-25-28(17-21-31(33)36)35(6,7)23-12-9-2/h14-21,24-25H,8-13,22-23H2,1-7H3. The Morgan fingerprint density at radius 1 is 0.622 bits per heavy atom. The molecule has 3 aromatic rings. The third kappa shape index (κ3) is 5.89. The fourth-order valence-corrected chi connectivity index (χ4v) is 5.65. The quantitative estimate of drug-likeness (QED) is 0.204. The van der Waals surface area contributed by atoms with Crippen LogP contribution in [0.1, 0.15) is 110 Å². The Labute approximate surface area is 226 Å². The second kappa shape index (κ2) is 11.3. The minimum atomic E-state index is 0.114. The van der Waals surface area contributed by atoms with E-state index in [0.29, 0.717) is 0 Å². The number of nitrogens with zero attached hydrogens (tertiary/aromatic N) is 1. The summed E-state index contributed by atoms with van der Waals surface area (Å²) in [5, 5.41) is 0. The smallest absolute Gasteiger partial charge is 0.151 e. The molecule has 0 amide bonds. The molecule has 0 aliphatic carbocycles. The Morgan fingerprint density at radius 2 is 1.16 bits per heavy atom. The van der Waals surface area contributed by atoms with E-state index in [1.807, 2.05) is 0 Å². The molecule has 0 unspecified atom stereocenters. The van der Waals surface area contributed by atoms with Crippen LogP contribution in [0, 0.1) is 0 Å². The van der Waals surface area contributed by atoms with Crippen LogP contribution < -0.4 is 9.64 Å². The topological polar surface area (TPSA) is 12.5 Å². The number of fused-ring (bicyclic) bond motifs is 2. The van der Waals surface area contributed by atoms with Gasteiger partial charge in [0.15, 0.2) is 11.5 Å². The average molecular weight is 498 g/mol. The normalized spacial score (nSPS) is 13.2. The highest BCUT2D eigenvalue weighted by molar-refractivity contribution is 5.86. The fourth-order valence-electron chi connectivity index (χ4n) is 5.65. The summed E-state index contributed by atoms with van der Waals surface area (Å²) < 4.78 is 6.72. The molecule has 0 aromatic heterocycles. The Hall–Kier alpha value is -2.74. The molecule has 198 valence electrons. The number of ether oxygens (including phenoxy) is 1. The first kappa shape index (κ1) is 27.3. The Kier molecular flexibility index (Phi) is 8.36. The number of rotatable bonds is 11. The largest absolute Gasteiger partial charge is 0.453 e. The van der Waals surface area contributed by atoms with Gasteiger partial charge in [0.2, 0.25) is 0 Å². The van der Waals surface area contributed by atoms with Gasteiger partial charge in [-0.1, -0.05) is 98.4 Å². The molecule has 0 fully saturated rings. The predicted octanol–water partition coefficient (Wildman–Crippen LogP) is 11.2. The summed E-state index contributed by atoms with van der Waals surface area (Å²) in [7, 11) is 0. The summed E-state index contributed by atoms with van der Waals surface area (Å²) in [4.78, 5) is 2.39. The molecule has 3 aromatic carbocycles. The number of benzene rings is 3. The van der Waals surface area contributed by atoms with Gasteiger partial charge < -0.3 is 9.64 Å². The lowest BCUT2D eigenvalue weighted by Gasteiger charge is -2.36. The lowest BCUT2D eigenvalue weighted by atomic mass is 9.79. The van der Waals surface area contributed by atoms with Crippen molar-refractivity contribution >= 4 is 17.1 Å². The van der Waals surface area contributed by atoms with E-state index in [1.54, 1.807) is 0 Å². The number of hydrogen-bond acceptors (Lipinski definition) is 2. The number of aryl methyl sites for hydroxylation is 1. The van der Waals surface area contributed by atoms with Gasteiger partial charge in [-0.2, -0.15) is 0 Å². The second-order valence-electron chi connectivity index (χ2n) is 12.2. The summed E-state index contributed by atoms with van der Waals surface area (Å²) in [5.74, 6) is 1.91. The van der Waals surface area contributed by atoms with Crippen molar-refractivity contribution in [3.05, 3.63) is 77.4 Å². The molecule has 0 N–H and O–H groups in total. The number of hydrogen-bond donors (Lipinski definition) is 0. The molecule has 1 aliphatic rings. The van der Waals surface area contributed by atoms with Crippen molar-refractivity contribution in [3.8, 4) is 11.5 Å². The zero-order valence-electron chi connectivity index (χ0n) is 24.3. The number of anilines is 3. The fraction of sp³-hybridized carbons (Fsp3) is 0.486. The van der Waals surface area contributed by atoms with E-state index in [4.69, 9.17) is 4.74 Å². The molecule has 1 heterocycles.